The van der Waals surface area contributed by atoms with Crippen LogP contribution in [0.2, 0.25) is 0 Å². The number of hydrogen-bond donors (Lipinski definition) is 0. The lowest BCUT2D eigenvalue weighted by Gasteiger charge is -2.17. The second kappa shape index (κ2) is 6.28. The predicted molar refractivity (Wildman–Crippen MR) is 84.4 cm³/mol. The van der Waals surface area contributed by atoms with Crippen LogP contribution in [0.5, 0.6) is 5.88 Å². The molecule has 3 heterocycles. The SMILES string of the molecule is Cc1nn(C)c(C)c1C(=O)N1CCC(Oc2nccnc2C#N)C1. The Morgan fingerprint density at radius 3 is 2.79 bits per heavy atom. The minimum absolute atomic E-state index is 0.0381. The first-order valence-electron chi connectivity index (χ1n) is 7.68. The molecule has 0 aliphatic carbocycles. The molecule has 1 aliphatic rings. The van der Waals surface area contributed by atoms with Gasteiger partial charge in [-0.1, -0.05) is 0 Å². The summed E-state index contributed by atoms with van der Waals surface area (Å²) in [5, 5.41) is 13.3. The number of ether oxygens (including phenoxy) is 1. The van der Waals surface area contributed by atoms with Crippen molar-refractivity contribution in [3.05, 3.63) is 35.0 Å². The molecule has 1 fully saturated rings. The van der Waals surface area contributed by atoms with E-state index in [0.717, 1.165) is 11.4 Å². The van der Waals surface area contributed by atoms with E-state index in [1.165, 1.54) is 12.4 Å². The van der Waals surface area contributed by atoms with Crippen LogP contribution in [0.1, 0.15) is 33.9 Å². The lowest BCUT2D eigenvalue weighted by atomic mass is 10.2. The zero-order valence-corrected chi connectivity index (χ0v) is 13.9. The summed E-state index contributed by atoms with van der Waals surface area (Å²) < 4.78 is 7.48. The third-order valence-electron chi connectivity index (χ3n) is 4.20. The quantitative estimate of drug-likeness (QED) is 0.834. The van der Waals surface area contributed by atoms with E-state index in [2.05, 4.69) is 15.1 Å². The summed E-state index contributed by atoms with van der Waals surface area (Å²) in [7, 11) is 1.83. The van der Waals surface area contributed by atoms with Gasteiger partial charge in [0.2, 0.25) is 5.69 Å². The molecule has 0 spiro atoms. The fraction of sp³-hybridized carbons (Fsp3) is 0.438. The largest absolute Gasteiger partial charge is 0.470 e. The third-order valence-corrected chi connectivity index (χ3v) is 4.20. The van der Waals surface area contributed by atoms with Crippen molar-refractivity contribution in [1.29, 1.82) is 5.26 Å². The molecule has 24 heavy (non-hydrogen) atoms. The van der Waals surface area contributed by atoms with Crippen molar-refractivity contribution in [1.82, 2.24) is 24.6 Å². The highest BCUT2D eigenvalue weighted by molar-refractivity contribution is 5.96. The third kappa shape index (κ3) is 2.80. The Balaban J connectivity index is 1.71. The van der Waals surface area contributed by atoms with Gasteiger partial charge in [0, 0.05) is 38.1 Å². The van der Waals surface area contributed by atoms with Gasteiger partial charge in [0.05, 0.1) is 17.8 Å². The minimum Gasteiger partial charge on any atom is -0.470 e. The zero-order chi connectivity index (χ0) is 17.3. The number of carbonyl (C=O) groups is 1. The van der Waals surface area contributed by atoms with Crippen LogP contribution in [0.3, 0.4) is 0 Å². The lowest BCUT2D eigenvalue weighted by Crippen LogP contribution is -2.31. The molecule has 8 nitrogen and oxygen atoms in total. The normalized spacial score (nSPS) is 16.9. The number of nitriles is 1. The van der Waals surface area contributed by atoms with Crippen molar-refractivity contribution in [2.45, 2.75) is 26.4 Å². The number of amides is 1. The van der Waals surface area contributed by atoms with Crippen molar-refractivity contribution >= 4 is 5.91 Å². The second-order valence-electron chi connectivity index (χ2n) is 5.77. The maximum Gasteiger partial charge on any atom is 0.257 e. The van der Waals surface area contributed by atoms with E-state index in [0.29, 0.717) is 25.1 Å². The van der Waals surface area contributed by atoms with Crippen LogP contribution in [0.15, 0.2) is 12.4 Å². The van der Waals surface area contributed by atoms with Gasteiger partial charge in [0.1, 0.15) is 12.2 Å². The van der Waals surface area contributed by atoms with Crippen LogP contribution in [-0.2, 0) is 7.05 Å². The van der Waals surface area contributed by atoms with Crippen LogP contribution < -0.4 is 4.74 Å². The van der Waals surface area contributed by atoms with Gasteiger partial charge in [0.15, 0.2) is 0 Å². The molecule has 0 bridgehead atoms. The summed E-state index contributed by atoms with van der Waals surface area (Å²) in [6.07, 6.45) is 3.42. The number of aromatic nitrogens is 4. The summed E-state index contributed by atoms with van der Waals surface area (Å²) in [6, 6.07) is 1.96. The molecule has 124 valence electrons. The van der Waals surface area contributed by atoms with Crippen LogP contribution in [0.25, 0.3) is 0 Å². The van der Waals surface area contributed by atoms with Crippen molar-refractivity contribution in [3.8, 4) is 11.9 Å². The molecule has 0 N–H and O–H groups in total. The molecule has 2 aromatic rings. The Hall–Kier alpha value is -2.95. The van der Waals surface area contributed by atoms with Crippen LogP contribution in [0.4, 0.5) is 0 Å². The maximum atomic E-state index is 12.8. The molecule has 0 saturated carbocycles. The zero-order valence-electron chi connectivity index (χ0n) is 13.9. The first kappa shape index (κ1) is 15.9. The van der Waals surface area contributed by atoms with E-state index >= 15 is 0 Å². The Bertz CT molecular complexity index is 822. The van der Waals surface area contributed by atoms with Crippen molar-refractivity contribution < 1.29 is 9.53 Å². The molecule has 0 aromatic carbocycles. The number of aryl methyl sites for hydroxylation is 2. The average Bonchev–Trinajstić information content (AvgIpc) is 3.13. The van der Waals surface area contributed by atoms with Gasteiger partial charge in [-0.05, 0) is 13.8 Å². The van der Waals surface area contributed by atoms with E-state index < -0.39 is 0 Å². The van der Waals surface area contributed by atoms with E-state index in [4.69, 9.17) is 10.00 Å². The fourth-order valence-corrected chi connectivity index (χ4v) is 2.90. The van der Waals surface area contributed by atoms with E-state index in [-0.39, 0.29) is 23.6 Å². The van der Waals surface area contributed by atoms with Crippen LogP contribution in [0, 0.1) is 25.2 Å². The Morgan fingerprint density at radius 2 is 2.12 bits per heavy atom. The second-order valence-corrected chi connectivity index (χ2v) is 5.77. The topological polar surface area (TPSA) is 96.9 Å². The monoisotopic (exact) mass is 326 g/mol. The molecular formula is C16H18N6O2. The first-order valence-corrected chi connectivity index (χ1v) is 7.68. The van der Waals surface area contributed by atoms with Gasteiger partial charge >= 0.3 is 0 Å². The number of likely N-dealkylation sites (tertiary alicyclic amines) is 1. The Labute approximate surface area is 139 Å². The van der Waals surface area contributed by atoms with E-state index in [9.17, 15) is 4.79 Å². The summed E-state index contributed by atoms with van der Waals surface area (Å²) in [5.74, 6) is 0.178. The van der Waals surface area contributed by atoms with Gasteiger partial charge < -0.3 is 9.64 Å². The lowest BCUT2D eigenvalue weighted by molar-refractivity contribution is 0.0769. The molecule has 3 rings (SSSR count). The molecule has 1 aliphatic heterocycles. The molecule has 1 amide bonds. The number of carbonyl (C=O) groups excluding carboxylic acids is 1. The molecule has 1 saturated heterocycles. The fourth-order valence-electron chi connectivity index (χ4n) is 2.90. The number of hydrogen-bond acceptors (Lipinski definition) is 6. The smallest absolute Gasteiger partial charge is 0.257 e. The van der Waals surface area contributed by atoms with E-state index in [1.54, 1.807) is 9.58 Å². The van der Waals surface area contributed by atoms with Crippen LogP contribution >= 0.6 is 0 Å². The number of rotatable bonds is 3. The summed E-state index contributed by atoms with van der Waals surface area (Å²) >= 11 is 0. The first-order chi connectivity index (χ1) is 11.5. The van der Waals surface area contributed by atoms with Gasteiger partial charge in [-0.2, -0.15) is 10.4 Å². The summed E-state index contributed by atoms with van der Waals surface area (Å²) in [4.78, 5) is 22.5. The van der Waals surface area contributed by atoms with Crippen LogP contribution in [-0.4, -0.2) is 49.7 Å². The van der Waals surface area contributed by atoms with Crippen molar-refractivity contribution in [2.75, 3.05) is 13.1 Å². The summed E-state index contributed by atoms with van der Waals surface area (Å²) in [6.45, 7) is 4.77. The predicted octanol–water partition coefficient (Wildman–Crippen LogP) is 0.992. The molecule has 1 atom stereocenters. The van der Waals surface area contributed by atoms with Crippen molar-refractivity contribution in [3.63, 3.8) is 0 Å². The average molecular weight is 326 g/mol. The highest BCUT2D eigenvalue weighted by Gasteiger charge is 2.31. The number of nitrogens with zero attached hydrogens (tertiary/aromatic N) is 6. The molecule has 2 aromatic heterocycles. The van der Waals surface area contributed by atoms with Gasteiger partial charge in [-0.25, -0.2) is 9.97 Å². The van der Waals surface area contributed by atoms with Gasteiger partial charge in [-0.3, -0.25) is 9.48 Å². The Kier molecular flexibility index (Phi) is 4.16. The minimum atomic E-state index is -0.199. The van der Waals surface area contributed by atoms with Crippen molar-refractivity contribution in [2.24, 2.45) is 7.05 Å². The van der Waals surface area contributed by atoms with Gasteiger partial charge in [0.25, 0.3) is 11.8 Å². The molecule has 0 radical (unpaired) electrons. The van der Waals surface area contributed by atoms with E-state index in [1.807, 2.05) is 27.0 Å². The molecule has 8 heteroatoms. The molecular weight excluding hydrogens is 308 g/mol. The Morgan fingerprint density at radius 1 is 1.38 bits per heavy atom. The van der Waals surface area contributed by atoms with Gasteiger partial charge in [-0.15, -0.1) is 0 Å². The maximum absolute atomic E-state index is 12.8. The standard InChI is InChI=1S/C16H18N6O2/c1-10-14(11(2)21(3)20-10)16(23)22-7-4-12(9-22)24-15-13(8-17)18-5-6-19-15/h5-6,12H,4,7,9H2,1-3H3. The molecule has 1 unspecified atom stereocenters. The summed E-state index contributed by atoms with van der Waals surface area (Å²) in [5.41, 5.74) is 2.38. The highest BCUT2D eigenvalue weighted by Crippen LogP contribution is 2.22. The highest BCUT2D eigenvalue weighted by atomic mass is 16.5.